The summed E-state index contributed by atoms with van der Waals surface area (Å²) in [5.41, 5.74) is -0.959. The van der Waals surface area contributed by atoms with Gasteiger partial charge in [-0.25, -0.2) is 22.0 Å². The third-order valence-corrected chi connectivity index (χ3v) is 1.60. The minimum Gasteiger partial charge on any atom is -0.382 e. The van der Waals surface area contributed by atoms with E-state index in [1.165, 1.54) is 0 Å². The molecule has 0 heterocycles. The molecule has 0 saturated carbocycles. The van der Waals surface area contributed by atoms with E-state index in [0.29, 0.717) is 0 Å². The molecule has 0 fully saturated rings. The van der Waals surface area contributed by atoms with Crippen LogP contribution in [0.5, 0.6) is 0 Å². The van der Waals surface area contributed by atoms with Gasteiger partial charge < -0.3 is 5.11 Å². The molecule has 0 aromatic heterocycles. The van der Waals surface area contributed by atoms with E-state index in [1.54, 1.807) is 0 Å². The van der Waals surface area contributed by atoms with Crippen molar-refractivity contribution < 1.29 is 27.1 Å². The van der Waals surface area contributed by atoms with Crippen molar-refractivity contribution in [3.8, 4) is 0 Å². The van der Waals surface area contributed by atoms with Crippen LogP contribution in [0.15, 0.2) is 12.1 Å². The second kappa shape index (κ2) is 3.91. The van der Waals surface area contributed by atoms with Gasteiger partial charge in [-0.05, 0) is 6.07 Å². The van der Waals surface area contributed by atoms with E-state index >= 15 is 0 Å². The Hall–Kier alpha value is -1.17. The van der Waals surface area contributed by atoms with Crippen LogP contribution in [0.1, 0.15) is 11.7 Å². The first-order valence-electron chi connectivity index (χ1n) is 3.54. The van der Waals surface area contributed by atoms with Crippen LogP contribution in [-0.4, -0.2) is 11.5 Å². The SMILES string of the molecule is OC(c1cc(F)c(F)cc1F)C(F)F. The number of aliphatic hydroxyl groups excluding tert-OH is 1. The lowest BCUT2D eigenvalue weighted by Crippen LogP contribution is -2.11. The van der Waals surface area contributed by atoms with Crippen LogP contribution in [0, 0.1) is 17.5 Å². The normalized spacial score (nSPS) is 13.4. The monoisotopic (exact) mass is 212 g/mol. The number of rotatable bonds is 2. The highest BCUT2D eigenvalue weighted by Gasteiger charge is 2.24. The fourth-order valence-electron chi connectivity index (χ4n) is 0.900. The van der Waals surface area contributed by atoms with E-state index < -0.39 is 35.5 Å². The van der Waals surface area contributed by atoms with Crippen LogP contribution in [0.25, 0.3) is 0 Å². The Morgan fingerprint density at radius 2 is 1.43 bits per heavy atom. The van der Waals surface area contributed by atoms with E-state index in [-0.39, 0.29) is 12.1 Å². The Morgan fingerprint density at radius 1 is 0.929 bits per heavy atom. The first-order chi connectivity index (χ1) is 6.43. The summed E-state index contributed by atoms with van der Waals surface area (Å²) >= 11 is 0. The molecule has 78 valence electrons. The summed E-state index contributed by atoms with van der Waals surface area (Å²) in [7, 11) is 0. The molecule has 1 rings (SSSR count). The first-order valence-corrected chi connectivity index (χ1v) is 3.54. The van der Waals surface area contributed by atoms with Crippen LogP contribution in [0.3, 0.4) is 0 Å². The summed E-state index contributed by atoms with van der Waals surface area (Å²) < 4.78 is 61.4. The van der Waals surface area contributed by atoms with Crippen LogP contribution in [0.4, 0.5) is 22.0 Å². The van der Waals surface area contributed by atoms with E-state index in [2.05, 4.69) is 0 Å². The Balaban J connectivity index is 3.15. The second-order valence-electron chi connectivity index (χ2n) is 2.57. The molecule has 1 unspecified atom stereocenters. The van der Waals surface area contributed by atoms with E-state index in [4.69, 9.17) is 5.11 Å². The van der Waals surface area contributed by atoms with Gasteiger partial charge in [-0.1, -0.05) is 0 Å². The molecule has 1 aromatic rings. The summed E-state index contributed by atoms with van der Waals surface area (Å²) in [6, 6.07) is 0.317. The van der Waals surface area contributed by atoms with Crippen molar-refractivity contribution in [2.24, 2.45) is 0 Å². The van der Waals surface area contributed by atoms with Crippen molar-refractivity contribution in [2.45, 2.75) is 12.5 Å². The zero-order valence-electron chi connectivity index (χ0n) is 6.65. The quantitative estimate of drug-likeness (QED) is 0.589. The molecular formula is C8H5F5O. The van der Waals surface area contributed by atoms with Crippen LogP contribution < -0.4 is 0 Å². The maximum absolute atomic E-state index is 12.7. The zero-order chi connectivity index (χ0) is 10.9. The van der Waals surface area contributed by atoms with Crippen molar-refractivity contribution in [3.63, 3.8) is 0 Å². The average Bonchev–Trinajstić information content (AvgIpc) is 2.10. The van der Waals surface area contributed by atoms with E-state index in [9.17, 15) is 22.0 Å². The van der Waals surface area contributed by atoms with Gasteiger partial charge in [-0.2, -0.15) is 0 Å². The summed E-state index contributed by atoms with van der Waals surface area (Å²) in [5.74, 6) is -4.38. The van der Waals surface area contributed by atoms with Gasteiger partial charge in [0.2, 0.25) is 0 Å². The molecule has 0 aliphatic heterocycles. The van der Waals surface area contributed by atoms with Gasteiger partial charge in [0.05, 0.1) is 0 Å². The van der Waals surface area contributed by atoms with Crippen LogP contribution in [-0.2, 0) is 0 Å². The number of alkyl halides is 2. The van der Waals surface area contributed by atoms with Gasteiger partial charge in [0.15, 0.2) is 11.6 Å². The lowest BCUT2D eigenvalue weighted by atomic mass is 10.1. The highest BCUT2D eigenvalue weighted by molar-refractivity contribution is 5.22. The number of aliphatic hydroxyl groups is 1. The maximum atomic E-state index is 12.7. The Morgan fingerprint density at radius 3 is 1.93 bits per heavy atom. The van der Waals surface area contributed by atoms with Crippen molar-refractivity contribution >= 4 is 0 Å². The average molecular weight is 212 g/mol. The standard InChI is InChI=1S/C8H5F5O/c9-4-2-6(11)5(10)1-3(4)7(14)8(12)13/h1-2,7-8,14H. The first kappa shape index (κ1) is 10.9. The fraction of sp³-hybridized carbons (Fsp3) is 0.250. The van der Waals surface area contributed by atoms with Gasteiger partial charge in [0.25, 0.3) is 6.43 Å². The predicted octanol–water partition coefficient (Wildman–Crippen LogP) is 2.40. The van der Waals surface area contributed by atoms with Gasteiger partial charge in [-0.3, -0.25) is 0 Å². The van der Waals surface area contributed by atoms with Crippen molar-refractivity contribution in [1.29, 1.82) is 0 Å². The molecule has 6 heteroatoms. The van der Waals surface area contributed by atoms with Crippen molar-refractivity contribution in [1.82, 2.24) is 0 Å². The molecule has 0 aliphatic carbocycles. The van der Waals surface area contributed by atoms with Gasteiger partial charge in [0.1, 0.15) is 11.9 Å². The zero-order valence-corrected chi connectivity index (χ0v) is 6.65. The molecule has 0 spiro atoms. The molecule has 0 radical (unpaired) electrons. The summed E-state index contributed by atoms with van der Waals surface area (Å²) in [6.45, 7) is 0. The van der Waals surface area contributed by atoms with Gasteiger partial charge >= 0.3 is 0 Å². The van der Waals surface area contributed by atoms with Crippen molar-refractivity contribution in [2.75, 3.05) is 0 Å². The lowest BCUT2D eigenvalue weighted by Gasteiger charge is -2.10. The molecule has 1 aromatic carbocycles. The van der Waals surface area contributed by atoms with Crippen molar-refractivity contribution in [3.05, 3.63) is 35.1 Å². The number of hydrogen-bond donors (Lipinski definition) is 1. The van der Waals surface area contributed by atoms with E-state index in [0.717, 1.165) is 0 Å². The molecule has 0 saturated heterocycles. The molecule has 1 atom stereocenters. The summed E-state index contributed by atoms with van der Waals surface area (Å²) in [5, 5.41) is 8.71. The third-order valence-electron chi connectivity index (χ3n) is 1.60. The minimum absolute atomic E-state index is 0.107. The minimum atomic E-state index is -3.26. The highest BCUT2D eigenvalue weighted by atomic mass is 19.3. The fourth-order valence-corrected chi connectivity index (χ4v) is 0.900. The third kappa shape index (κ3) is 2.01. The maximum Gasteiger partial charge on any atom is 0.268 e. The molecule has 1 nitrogen and oxygen atoms in total. The highest BCUT2D eigenvalue weighted by Crippen LogP contribution is 2.24. The molecule has 0 amide bonds. The molecule has 14 heavy (non-hydrogen) atoms. The summed E-state index contributed by atoms with van der Waals surface area (Å²) in [4.78, 5) is 0. The summed E-state index contributed by atoms with van der Waals surface area (Å²) in [6.07, 6.45) is -5.71. The molecular weight excluding hydrogens is 207 g/mol. The Kier molecular flexibility index (Phi) is 3.05. The van der Waals surface area contributed by atoms with Gasteiger partial charge in [0, 0.05) is 11.6 Å². The number of hydrogen-bond acceptors (Lipinski definition) is 1. The molecule has 1 N–H and O–H groups in total. The smallest absolute Gasteiger partial charge is 0.268 e. The largest absolute Gasteiger partial charge is 0.382 e. The number of halogens is 5. The Labute approximate surface area is 75.8 Å². The topological polar surface area (TPSA) is 20.2 Å². The number of benzene rings is 1. The molecule has 0 bridgehead atoms. The Bertz CT molecular complexity index is 339. The lowest BCUT2D eigenvalue weighted by molar-refractivity contribution is -0.00795. The van der Waals surface area contributed by atoms with E-state index in [1.807, 2.05) is 0 Å². The predicted molar refractivity (Wildman–Crippen MR) is 37.3 cm³/mol. The van der Waals surface area contributed by atoms with Crippen LogP contribution >= 0.6 is 0 Å². The van der Waals surface area contributed by atoms with Gasteiger partial charge in [-0.15, -0.1) is 0 Å². The van der Waals surface area contributed by atoms with Crippen LogP contribution in [0.2, 0.25) is 0 Å². The molecule has 0 aliphatic rings. The second-order valence-corrected chi connectivity index (χ2v) is 2.57.